The molecule has 1 unspecified atom stereocenters. The second kappa shape index (κ2) is 7.47. The van der Waals surface area contributed by atoms with E-state index < -0.39 is 0 Å². The van der Waals surface area contributed by atoms with Crippen LogP contribution in [0.25, 0.3) is 0 Å². The van der Waals surface area contributed by atoms with Crippen molar-refractivity contribution in [2.24, 2.45) is 0 Å². The highest BCUT2D eigenvalue weighted by Crippen LogP contribution is 2.29. The van der Waals surface area contributed by atoms with E-state index in [-0.39, 0.29) is 11.9 Å². The van der Waals surface area contributed by atoms with Crippen LogP contribution in [0.15, 0.2) is 0 Å². The van der Waals surface area contributed by atoms with Crippen molar-refractivity contribution < 1.29 is 4.79 Å². The first-order valence-corrected chi connectivity index (χ1v) is 7.98. The molecule has 0 saturated carbocycles. The number of thiazole rings is 1. The third kappa shape index (κ3) is 3.85. The van der Waals surface area contributed by atoms with Crippen LogP contribution in [0.5, 0.6) is 0 Å². The molecule has 2 N–H and O–H groups in total. The zero-order valence-corrected chi connectivity index (χ0v) is 14.0. The molecular weight excluding hydrogens is 272 g/mol. The molecule has 0 aliphatic rings. The molecule has 114 valence electrons. The molecule has 0 spiro atoms. The summed E-state index contributed by atoms with van der Waals surface area (Å²) in [7, 11) is 3.80. The van der Waals surface area contributed by atoms with Crippen molar-refractivity contribution in [2.75, 3.05) is 31.3 Å². The average Bonchev–Trinajstić information content (AvgIpc) is 2.79. The predicted octanol–water partition coefficient (Wildman–Crippen LogP) is 2.83. The van der Waals surface area contributed by atoms with E-state index in [1.807, 2.05) is 19.0 Å². The summed E-state index contributed by atoms with van der Waals surface area (Å²) in [6.07, 6.45) is 3.08. The van der Waals surface area contributed by atoms with Gasteiger partial charge in [-0.1, -0.05) is 31.6 Å². The third-order valence-electron chi connectivity index (χ3n) is 3.41. The Morgan fingerprint density at radius 1 is 1.35 bits per heavy atom. The Balaban J connectivity index is 2.88. The van der Waals surface area contributed by atoms with E-state index in [0.29, 0.717) is 10.7 Å². The van der Waals surface area contributed by atoms with Crippen molar-refractivity contribution in [1.82, 2.24) is 9.88 Å². The number of aromatic nitrogens is 1. The summed E-state index contributed by atoms with van der Waals surface area (Å²) in [5.41, 5.74) is 5.91. The van der Waals surface area contributed by atoms with Crippen LogP contribution < -0.4 is 10.6 Å². The minimum absolute atomic E-state index is 0.0305. The molecule has 0 aromatic carbocycles. The summed E-state index contributed by atoms with van der Waals surface area (Å²) in [5.74, 6) is 0.311. The predicted molar refractivity (Wildman–Crippen MR) is 86.6 cm³/mol. The van der Waals surface area contributed by atoms with Crippen molar-refractivity contribution >= 4 is 28.2 Å². The molecule has 0 radical (unpaired) electrons. The Morgan fingerprint density at radius 3 is 2.55 bits per heavy atom. The number of hydrogen-bond donors (Lipinski definition) is 1. The zero-order valence-electron chi connectivity index (χ0n) is 13.1. The van der Waals surface area contributed by atoms with Gasteiger partial charge in [-0.3, -0.25) is 4.79 Å². The Hall–Kier alpha value is -1.30. The molecule has 1 aromatic heterocycles. The summed E-state index contributed by atoms with van der Waals surface area (Å²) < 4.78 is 0. The highest BCUT2D eigenvalue weighted by molar-refractivity contribution is 7.18. The van der Waals surface area contributed by atoms with Gasteiger partial charge in [-0.05, 0) is 19.8 Å². The van der Waals surface area contributed by atoms with Crippen molar-refractivity contribution in [3.63, 3.8) is 0 Å². The average molecular weight is 298 g/mol. The van der Waals surface area contributed by atoms with E-state index in [0.717, 1.165) is 30.9 Å². The van der Waals surface area contributed by atoms with Crippen molar-refractivity contribution in [3.05, 3.63) is 4.88 Å². The molecular formula is C14H26N4OS. The molecule has 5 nitrogen and oxygen atoms in total. The van der Waals surface area contributed by atoms with Crippen molar-refractivity contribution in [2.45, 2.75) is 46.1 Å². The standard InChI is InChI=1S/C14H26N4OS/c1-6-8-10(3)18(5)13(19)11-12(15)16-14(20-11)17(4)9-7-2/h10H,6-9,15H2,1-5H3. The lowest BCUT2D eigenvalue weighted by Crippen LogP contribution is -2.34. The maximum atomic E-state index is 12.5. The van der Waals surface area contributed by atoms with Crippen LogP contribution in [0.2, 0.25) is 0 Å². The number of carbonyl (C=O) groups is 1. The lowest BCUT2D eigenvalue weighted by Gasteiger charge is -2.24. The molecule has 0 aliphatic carbocycles. The molecule has 0 bridgehead atoms. The van der Waals surface area contributed by atoms with E-state index >= 15 is 0 Å². The molecule has 1 atom stereocenters. The number of nitrogen functional groups attached to an aromatic ring is 1. The molecule has 0 fully saturated rings. The van der Waals surface area contributed by atoms with E-state index in [2.05, 4.69) is 25.8 Å². The maximum Gasteiger partial charge on any atom is 0.267 e. The second-order valence-electron chi connectivity index (χ2n) is 5.19. The highest BCUT2D eigenvalue weighted by Gasteiger charge is 2.23. The Bertz CT molecular complexity index is 446. The fraction of sp³-hybridized carbons (Fsp3) is 0.714. The number of amides is 1. The lowest BCUT2D eigenvalue weighted by molar-refractivity contribution is 0.0742. The van der Waals surface area contributed by atoms with Gasteiger partial charge in [0.1, 0.15) is 10.7 Å². The summed E-state index contributed by atoms with van der Waals surface area (Å²) in [4.78, 5) is 21.1. The van der Waals surface area contributed by atoms with Gasteiger partial charge < -0.3 is 15.5 Å². The Morgan fingerprint density at radius 2 is 2.00 bits per heavy atom. The van der Waals surface area contributed by atoms with Gasteiger partial charge in [0.15, 0.2) is 5.13 Å². The lowest BCUT2D eigenvalue weighted by atomic mass is 10.1. The molecule has 1 amide bonds. The Kier molecular flexibility index (Phi) is 6.26. The van der Waals surface area contributed by atoms with Crippen LogP contribution in [0, 0.1) is 0 Å². The quantitative estimate of drug-likeness (QED) is 0.841. The first-order valence-electron chi connectivity index (χ1n) is 7.16. The van der Waals surface area contributed by atoms with Gasteiger partial charge >= 0.3 is 0 Å². The second-order valence-corrected chi connectivity index (χ2v) is 6.16. The largest absolute Gasteiger partial charge is 0.382 e. The van der Waals surface area contributed by atoms with Crippen molar-refractivity contribution in [1.29, 1.82) is 0 Å². The van der Waals surface area contributed by atoms with Gasteiger partial charge in [0, 0.05) is 26.7 Å². The van der Waals surface area contributed by atoms with E-state index in [9.17, 15) is 4.79 Å². The third-order valence-corrected chi connectivity index (χ3v) is 4.58. The SMILES string of the molecule is CCCC(C)N(C)C(=O)c1sc(N(C)CCC)nc1N. The van der Waals surface area contributed by atoms with E-state index in [1.165, 1.54) is 11.3 Å². The van der Waals surface area contributed by atoms with Crippen LogP contribution in [0.4, 0.5) is 10.9 Å². The smallest absolute Gasteiger partial charge is 0.267 e. The van der Waals surface area contributed by atoms with Gasteiger partial charge in [0.2, 0.25) is 0 Å². The van der Waals surface area contributed by atoms with Gasteiger partial charge in [-0.15, -0.1) is 0 Å². The monoisotopic (exact) mass is 298 g/mol. The number of rotatable bonds is 7. The van der Waals surface area contributed by atoms with Crippen LogP contribution in [-0.2, 0) is 0 Å². The molecule has 1 rings (SSSR count). The number of nitrogens with zero attached hydrogens (tertiary/aromatic N) is 3. The van der Waals surface area contributed by atoms with E-state index in [1.54, 1.807) is 4.90 Å². The molecule has 1 aromatic rings. The molecule has 0 saturated heterocycles. The summed E-state index contributed by atoms with van der Waals surface area (Å²) >= 11 is 1.38. The zero-order chi connectivity index (χ0) is 15.3. The van der Waals surface area contributed by atoms with Crippen LogP contribution in [0.1, 0.15) is 49.7 Å². The first-order chi connectivity index (χ1) is 9.42. The maximum absolute atomic E-state index is 12.5. The number of carbonyl (C=O) groups excluding carboxylic acids is 1. The molecule has 1 heterocycles. The minimum atomic E-state index is -0.0305. The summed E-state index contributed by atoms with van der Waals surface area (Å²) in [6.45, 7) is 7.19. The fourth-order valence-corrected chi connectivity index (χ4v) is 2.99. The van der Waals surface area contributed by atoms with Crippen LogP contribution >= 0.6 is 11.3 Å². The van der Waals surface area contributed by atoms with Gasteiger partial charge in [-0.2, -0.15) is 0 Å². The van der Waals surface area contributed by atoms with Crippen LogP contribution in [0.3, 0.4) is 0 Å². The summed E-state index contributed by atoms with van der Waals surface area (Å²) in [5, 5.41) is 0.809. The normalized spacial score (nSPS) is 12.2. The summed E-state index contributed by atoms with van der Waals surface area (Å²) in [6, 6.07) is 0.214. The molecule has 20 heavy (non-hydrogen) atoms. The van der Waals surface area contributed by atoms with E-state index in [4.69, 9.17) is 5.73 Å². The van der Waals surface area contributed by atoms with Gasteiger partial charge in [0.25, 0.3) is 5.91 Å². The number of hydrogen-bond acceptors (Lipinski definition) is 5. The van der Waals surface area contributed by atoms with Crippen LogP contribution in [-0.4, -0.2) is 42.5 Å². The molecule has 0 aliphatic heterocycles. The highest BCUT2D eigenvalue weighted by atomic mass is 32.1. The number of nitrogens with two attached hydrogens (primary N) is 1. The Labute approximate surface area is 125 Å². The topological polar surface area (TPSA) is 62.5 Å². The first kappa shape index (κ1) is 16.8. The van der Waals surface area contributed by atoms with Crippen molar-refractivity contribution in [3.8, 4) is 0 Å². The fourth-order valence-electron chi connectivity index (χ4n) is 2.04. The minimum Gasteiger partial charge on any atom is -0.382 e. The molecule has 6 heteroatoms. The van der Waals surface area contributed by atoms with Gasteiger partial charge in [0.05, 0.1) is 0 Å². The number of anilines is 2. The van der Waals surface area contributed by atoms with Gasteiger partial charge in [-0.25, -0.2) is 4.98 Å².